The fourth-order valence-electron chi connectivity index (χ4n) is 1.57. The molecule has 0 aliphatic carbocycles. The second-order valence-electron chi connectivity index (χ2n) is 3.86. The van der Waals surface area contributed by atoms with Crippen LogP contribution in [0.1, 0.15) is 26.6 Å². The Morgan fingerprint density at radius 1 is 1.20 bits per heavy atom. The Balaban J connectivity index is 2.72. The Morgan fingerprint density at radius 2 is 1.85 bits per heavy atom. The second-order valence-corrected chi connectivity index (χ2v) is 3.86. The van der Waals surface area contributed by atoms with Crippen LogP contribution in [-0.4, -0.2) is 27.1 Å². The molecular formula is C12H7F2NO5. The number of oxazole rings is 1. The van der Waals surface area contributed by atoms with Crippen LogP contribution in [0.25, 0.3) is 11.5 Å². The van der Waals surface area contributed by atoms with Crippen LogP contribution in [0.5, 0.6) is 0 Å². The summed E-state index contributed by atoms with van der Waals surface area (Å²) in [5.41, 5.74) is -1.55. The molecule has 20 heavy (non-hydrogen) atoms. The van der Waals surface area contributed by atoms with Crippen molar-refractivity contribution in [1.82, 2.24) is 4.98 Å². The average Bonchev–Trinajstić information content (AvgIpc) is 2.79. The first-order valence-electron chi connectivity index (χ1n) is 5.25. The highest BCUT2D eigenvalue weighted by atomic mass is 19.1. The van der Waals surface area contributed by atoms with Crippen molar-refractivity contribution in [1.29, 1.82) is 0 Å². The minimum Gasteiger partial charge on any atom is -0.476 e. The van der Waals surface area contributed by atoms with Gasteiger partial charge in [-0.25, -0.2) is 23.4 Å². The highest BCUT2D eigenvalue weighted by molar-refractivity contribution is 5.98. The van der Waals surface area contributed by atoms with Gasteiger partial charge in [0.05, 0.1) is 0 Å². The van der Waals surface area contributed by atoms with Crippen molar-refractivity contribution in [2.75, 3.05) is 0 Å². The van der Waals surface area contributed by atoms with E-state index < -0.39 is 46.5 Å². The summed E-state index contributed by atoms with van der Waals surface area (Å²) in [5.74, 6) is -7.14. The number of nitrogens with zero attached hydrogens (tertiary/aromatic N) is 1. The maximum Gasteiger partial charge on any atom is 0.374 e. The summed E-state index contributed by atoms with van der Waals surface area (Å²) >= 11 is 0. The van der Waals surface area contributed by atoms with Gasteiger partial charge in [0, 0.05) is 0 Å². The molecule has 104 valence electrons. The van der Waals surface area contributed by atoms with E-state index in [2.05, 4.69) is 9.40 Å². The molecule has 8 heteroatoms. The lowest BCUT2D eigenvalue weighted by Crippen LogP contribution is -2.05. The monoisotopic (exact) mass is 283 g/mol. The van der Waals surface area contributed by atoms with E-state index >= 15 is 0 Å². The summed E-state index contributed by atoms with van der Waals surface area (Å²) in [6, 6.07) is 2.12. The molecule has 6 nitrogen and oxygen atoms in total. The molecule has 0 bridgehead atoms. The van der Waals surface area contributed by atoms with E-state index in [1.54, 1.807) is 0 Å². The maximum absolute atomic E-state index is 13.9. The Morgan fingerprint density at radius 3 is 2.35 bits per heavy atom. The zero-order valence-corrected chi connectivity index (χ0v) is 9.98. The van der Waals surface area contributed by atoms with Crippen molar-refractivity contribution in [3.8, 4) is 11.5 Å². The molecule has 0 saturated heterocycles. The largest absolute Gasteiger partial charge is 0.476 e. The fraction of sp³-hybridized carbons (Fsp3) is 0.0833. The van der Waals surface area contributed by atoms with Gasteiger partial charge in [0.15, 0.2) is 0 Å². The third-order valence-corrected chi connectivity index (χ3v) is 2.52. The highest BCUT2D eigenvalue weighted by Crippen LogP contribution is 2.29. The first-order valence-corrected chi connectivity index (χ1v) is 5.25. The summed E-state index contributed by atoms with van der Waals surface area (Å²) in [6.07, 6.45) is 0. The summed E-state index contributed by atoms with van der Waals surface area (Å²) < 4.78 is 32.1. The number of aryl methyl sites for hydroxylation is 1. The first-order chi connectivity index (χ1) is 9.32. The zero-order valence-electron chi connectivity index (χ0n) is 9.98. The first kappa shape index (κ1) is 13.7. The Bertz CT molecular complexity index is 691. The number of halogens is 2. The van der Waals surface area contributed by atoms with Gasteiger partial charge in [-0.3, -0.25) is 0 Å². The molecule has 0 spiro atoms. The quantitative estimate of drug-likeness (QED) is 0.896. The maximum atomic E-state index is 13.9. The normalized spacial score (nSPS) is 10.6. The molecule has 1 heterocycles. The molecule has 1 aromatic heterocycles. The van der Waals surface area contributed by atoms with Gasteiger partial charge in [0.25, 0.3) is 0 Å². The molecule has 0 radical (unpaired) electrons. The minimum atomic E-state index is -1.70. The third-order valence-electron chi connectivity index (χ3n) is 2.52. The average molecular weight is 283 g/mol. The number of carbonyl (C=O) groups is 2. The lowest BCUT2D eigenvalue weighted by atomic mass is 10.1. The number of carboxylic acids is 2. The second kappa shape index (κ2) is 4.72. The molecule has 0 fully saturated rings. The van der Waals surface area contributed by atoms with E-state index in [9.17, 15) is 18.4 Å². The topological polar surface area (TPSA) is 101 Å². The van der Waals surface area contributed by atoms with E-state index in [1.807, 2.05) is 0 Å². The lowest BCUT2D eigenvalue weighted by Gasteiger charge is -2.02. The van der Waals surface area contributed by atoms with Gasteiger partial charge in [-0.1, -0.05) is 6.07 Å². The molecular weight excluding hydrogens is 276 g/mol. The van der Waals surface area contributed by atoms with E-state index in [0.29, 0.717) is 0 Å². The molecule has 2 N–H and O–H groups in total. The predicted molar refractivity (Wildman–Crippen MR) is 60.5 cm³/mol. The Labute approximate surface area is 110 Å². The standard InChI is InChI=1S/C12H7F2NO5/c1-4-2-3-5(13)6(7(4)14)10-15-8(11(16)17)9(20-10)12(18)19/h2-3H,1H3,(H,16,17)(H,18,19). The van der Waals surface area contributed by atoms with Gasteiger partial charge in [-0.2, -0.15) is 0 Å². The summed E-state index contributed by atoms with van der Waals surface area (Å²) in [6.45, 7) is 1.36. The van der Waals surface area contributed by atoms with Gasteiger partial charge in [0.1, 0.15) is 17.2 Å². The highest BCUT2D eigenvalue weighted by Gasteiger charge is 2.28. The molecule has 1 aromatic carbocycles. The number of hydrogen-bond acceptors (Lipinski definition) is 4. The zero-order chi connectivity index (χ0) is 15.0. The molecule has 0 saturated carbocycles. The van der Waals surface area contributed by atoms with Gasteiger partial charge in [-0.15, -0.1) is 0 Å². The summed E-state index contributed by atoms with van der Waals surface area (Å²) in [5, 5.41) is 17.6. The van der Waals surface area contributed by atoms with Crippen LogP contribution >= 0.6 is 0 Å². The van der Waals surface area contributed by atoms with Crippen LogP contribution in [0.15, 0.2) is 16.5 Å². The molecule has 0 aliphatic rings. The van der Waals surface area contributed by atoms with E-state index in [-0.39, 0.29) is 5.56 Å². The number of aromatic carboxylic acids is 2. The van der Waals surface area contributed by atoms with Crippen molar-refractivity contribution < 1.29 is 33.0 Å². The lowest BCUT2D eigenvalue weighted by molar-refractivity contribution is 0.0624. The smallest absolute Gasteiger partial charge is 0.374 e. The van der Waals surface area contributed by atoms with Crippen LogP contribution in [0, 0.1) is 18.6 Å². The Hall–Kier alpha value is -2.77. The number of hydrogen-bond donors (Lipinski definition) is 2. The number of rotatable bonds is 3. The van der Waals surface area contributed by atoms with E-state index in [0.717, 1.165) is 6.07 Å². The molecule has 0 aliphatic heterocycles. The summed E-state index contributed by atoms with van der Waals surface area (Å²) in [7, 11) is 0. The Kier molecular flexibility index (Phi) is 3.23. The van der Waals surface area contributed by atoms with Gasteiger partial charge >= 0.3 is 11.9 Å². The van der Waals surface area contributed by atoms with Crippen molar-refractivity contribution in [3.05, 3.63) is 40.8 Å². The van der Waals surface area contributed by atoms with Crippen molar-refractivity contribution >= 4 is 11.9 Å². The van der Waals surface area contributed by atoms with E-state index in [1.165, 1.54) is 13.0 Å². The molecule has 0 unspecified atom stereocenters. The number of carboxylic acid groups (broad SMARTS) is 2. The van der Waals surface area contributed by atoms with E-state index in [4.69, 9.17) is 10.2 Å². The van der Waals surface area contributed by atoms with Crippen molar-refractivity contribution in [3.63, 3.8) is 0 Å². The molecule has 0 atom stereocenters. The van der Waals surface area contributed by atoms with Crippen LogP contribution < -0.4 is 0 Å². The van der Waals surface area contributed by atoms with Gasteiger partial charge in [0.2, 0.25) is 17.3 Å². The number of benzene rings is 1. The van der Waals surface area contributed by atoms with Crippen LogP contribution in [0.2, 0.25) is 0 Å². The van der Waals surface area contributed by atoms with Crippen LogP contribution in [0.4, 0.5) is 8.78 Å². The predicted octanol–water partition coefficient (Wildman–Crippen LogP) is 2.32. The van der Waals surface area contributed by atoms with Crippen molar-refractivity contribution in [2.45, 2.75) is 6.92 Å². The molecule has 0 amide bonds. The third kappa shape index (κ3) is 2.11. The van der Waals surface area contributed by atoms with Crippen LogP contribution in [-0.2, 0) is 0 Å². The SMILES string of the molecule is Cc1ccc(F)c(-c2nc(C(=O)O)c(C(=O)O)o2)c1F. The van der Waals surface area contributed by atoms with Crippen LogP contribution in [0.3, 0.4) is 0 Å². The van der Waals surface area contributed by atoms with Gasteiger partial charge in [-0.05, 0) is 18.6 Å². The molecule has 2 rings (SSSR count). The van der Waals surface area contributed by atoms with Crippen molar-refractivity contribution in [2.24, 2.45) is 0 Å². The molecule has 2 aromatic rings. The fourth-order valence-corrected chi connectivity index (χ4v) is 1.57. The minimum absolute atomic E-state index is 0.0772. The summed E-state index contributed by atoms with van der Waals surface area (Å²) in [4.78, 5) is 25.0. The number of aromatic nitrogens is 1. The van der Waals surface area contributed by atoms with Gasteiger partial charge < -0.3 is 14.6 Å².